The van der Waals surface area contributed by atoms with Gasteiger partial charge in [-0.25, -0.2) is 4.98 Å². The van der Waals surface area contributed by atoms with Gasteiger partial charge < -0.3 is 19.9 Å². The van der Waals surface area contributed by atoms with Gasteiger partial charge in [0.05, 0.1) is 16.6 Å². The maximum atomic E-state index is 13.0. The van der Waals surface area contributed by atoms with Gasteiger partial charge in [-0.1, -0.05) is 18.2 Å². The lowest BCUT2D eigenvalue weighted by atomic mass is 10.2. The molecule has 0 atom stereocenters. The molecule has 4 aromatic rings. The standard InChI is InChI=1S/C22H19F6N7O/c1-35-16-8-3-2-7-15(16)31-17(35)9-10-29-18-32-19(34-20(33-18)36-12-21(23,24)25)30-14-6-4-5-13(11-14)22(26,27)28/h2-8,11H,9-10,12H2,1H3,(H2,29,30,32,33,34). The predicted octanol–water partition coefficient (Wildman–Crippen LogP) is 5.12. The number of hydrogen-bond donors (Lipinski definition) is 2. The van der Waals surface area contributed by atoms with Crippen molar-refractivity contribution in [2.24, 2.45) is 7.05 Å². The van der Waals surface area contributed by atoms with Crippen LogP contribution in [0.5, 0.6) is 6.01 Å². The van der Waals surface area contributed by atoms with Crippen LogP contribution in [0.3, 0.4) is 0 Å². The maximum absolute atomic E-state index is 13.0. The Bertz CT molecular complexity index is 1350. The second-order valence-corrected chi connectivity index (χ2v) is 7.63. The van der Waals surface area contributed by atoms with Crippen LogP contribution >= 0.6 is 0 Å². The molecule has 2 heterocycles. The molecule has 2 N–H and O–H groups in total. The molecular formula is C22H19F6N7O. The van der Waals surface area contributed by atoms with Crippen LogP contribution in [0.1, 0.15) is 11.4 Å². The lowest BCUT2D eigenvalue weighted by Crippen LogP contribution is -2.21. The number of benzene rings is 2. The third-order valence-corrected chi connectivity index (χ3v) is 4.94. The van der Waals surface area contributed by atoms with Crippen molar-refractivity contribution in [1.82, 2.24) is 24.5 Å². The minimum atomic E-state index is -4.64. The quantitative estimate of drug-likeness (QED) is 0.318. The molecule has 0 aliphatic rings. The summed E-state index contributed by atoms with van der Waals surface area (Å²) in [7, 11) is 1.85. The maximum Gasteiger partial charge on any atom is 0.422 e. The van der Waals surface area contributed by atoms with Crippen LogP contribution in [0.4, 0.5) is 43.9 Å². The second kappa shape index (κ2) is 9.87. The third kappa shape index (κ3) is 6.31. The van der Waals surface area contributed by atoms with Crippen LogP contribution in [0, 0.1) is 0 Å². The zero-order chi connectivity index (χ0) is 25.9. The minimum absolute atomic E-state index is 0.0246. The fraction of sp³-hybridized carbons (Fsp3) is 0.273. The average Bonchev–Trinajstić information content (AvgIpc) is 3.12. The van der Waals surface area contributed by atoms with Gasteiger partial charge in [0.15, 0.2) is 6.61 Å². The first kappa shape index (κ1) is 25.0. The highest BCUT2D eigenvalue weighted by atomic mass is 19.4. The molecule has 2 aromatic heterocycles. The van der Waals surface area contributed by atoms with E-state index in [2.05, 4.69) is 35.3 Å². The van der Waals surface area contributed by atoms with E-state index in [-0.39, 0.29) is 24.1 Å². The average molecular weight is 511 g/mol. The normalized spacial score (nSPS) is 12.1. The topological polar surface area (TPSA) is 89.8 Å². The zero-order valence-electron chi connectivity index (χ0n) is 18.7. The first-order valence-electron chi connectivity index (χ1n) is 10.5. The Hall–Kier alpha value is -4.10. The molecule has 0 unspecified atom stereocenters. The van der Waals surface area contributed by atoms with Gasteiger partial charge in [0.1, 0.15) is 5.82 Å². The number of para-hydroxylation sites is 2. The summed E-state index contributed by atoms with van der Waals surface area (Å²) in [5.41, 5.74) is 0.799. The lowest BCUT2D eigenvalue weighted by Gasteiger charge is -2.13. The molecule has 2 aromatic carbocycles. The van der Waals surface area contributed by atoms with Crippen LogP contribution in [0.25, 0.3) is 11.0 Å². The highest BCUT2D eigenvalue weighted by molar-refractivity contribution is 5.75. The molecule has 4 rings (SSSR count). The molecule has 0 saturated carbocycles. The van der Waals surface area contributed by atoms with Crippen LogP contribution in [0.15, 0.2) is 48.5 Å². The van der Waals surface area contributed by atoms with E-state index < -0.39 is 30.5 Å². The van der Waals surface area contributed by atoms with Crippen molar-refractivity contribution in [2.75, 3.05) is 23.8 Å². The molecule has 0 aliphatic heterocycles. The number of alkyl halides is 6. The van der Waals surface area contributed by atoms with Gasteiger partial charge in [-0.2, -0.15) is 41.3 Å². The minimum Gasteiger partial charge on any atom is -0.454 e. The van der Waals surface area contributed by atoms with E-state index >= 15 is 0 Å². The van der Waals surface area contributed by atoms with Crippen molar-refractivity contribution in [3.8, 4) is 6.01 Å². The van der Waals surface area contributed by atoms with E-state index in [1.54, 1.807) is 0 Å². The SMILES string of the molecule is Cn1c(CCNc2nc(Nc3cccc(C(F)(F)F)c3)nc(OCC(F)(F)F)n2)nc2ccccc21. The van der Waals surface area contributed by atoms with Crippen molar-refractivity contribution in [3.05, 3.63) is 59.9 Å². The predicted molar refractivity (Wildman–Crippen MR) is 119 cm³/mol. The van der Waals surface area contributed by atoms with E-state index in [0.29, 0.717) is 6.42 Å². The molecular weight excluding hydrogens is 492 g/mol. The van der Waals surface area contributed by atoms with Crippen LogP contribution in [-0.2, 0) is 19.6 Å². The highest BCUT2D eigenvalue weighted by Crippen LogP contribution is 2.31. The Morgan fingerprint density at radius 3 is 2.36 bits per heavy atom. The number of nitrogens with one attached hydrogen (secondary N) is 2. The number of anilines is 3. The lowest BCUT2D eigenvalue weighted by molar-refractivity contribution is -0.154. The molecule has 14 heteroatoms. The number of ether oxygens (including phenoxy) is 1. The Balaban J connectivity index is 1.52. The largest absolute Gasteiger partial charge is 0.454 e. The zero-order valence-corrected chi connectivity index (χ0v) is 18.7. The Morgan fingerprint density at radius 1 is 0.889 bits per heavy atom. The number of rotatable bonds is 8. The van der Waals surface area contributed by atoms with Crippen LogP contribution in [0.2, 0.25) is 0 Å². The van der Waals surface area contributed by atoms with E-state index in [0.717, 1.165) is 29.0 Å². The summed E-state index contributed by atoms with van der Waals surface area (Å²) >= 11 is 0. The number of nitrogens with zero attached hydrogens (tertiary/aromatic N) is 5. The summed E-state index contributed by atoms with van der Waals surface area (Å²) in [6.07, 6.45) is -8.80. The molecule has 190 valence electrons. The van der Waals surface area contributed by atoms with Crippen LogP contribution < -0.4 is 15.4 Å². The molecule has 0 bridgehead atoms. The number of hydrogen-bond acceptors (Lipinski definition) is 7. The molecule has 0 saturated heterocycles. The second-order valence-electron chi connectivity index (χ2n) is 7.63. The summed E-state index contributed by atoms with van der Waals surface area (Å²) < 4.78 is 83.4. The fourth-order valence-electron chi connectivity index (χ4n) is 3.31. The molecule has 0 spiro atoms. The fourth-order valence-corrected chi connectivity index (χ4v) is 3.31. The number of halogens is 6. The van der Waals surface area contributed by atoms with Crippen molar-refractivity contribution in [3.63, 3.8) is 0 Å². The van der Waals surface area contributed by atoms with Gasteiger partial charge in [0.2, 0.25) is 11.9 Å². The molecule has 0 radical (unpaired) electrons. The Kier molecular flexibility index (Phi) is 6.86. The first-order valence-corrected chi connectivity index (χ1v) is 10.5. The van der Waals surface area contributed by atoms with Gasteiger partial charge in [-0.3, -0.25) is 0 Å². The van der Waals surface area contributed by atoms with Crippen LogP contribution in [-0.4, -0.2) is 43.8 Å². The summed E-state index contributed by atoms with van der Waals surface area (Å²) in [4.78, 5) is 16.1. The molecule has 8 nitrogen and oxygen atoms in total. The monoisotopic (exact) mass is 511 g/mol. The summed E-state index contributed by atoms with van der Waals surface area (Å²) in [5, 5.41) is 5.42. The number of fused-ring (bicyclic) bond motifs is 1. The smallest absolute Gasteiger partial charge is 0.422 e. The third-order valence-electron chi connectivity index (χ3n) is 4.94. The Morgan fingerprint density at radius 2 is 1.64 bits per heavy atom. The summed E-state index contributed by atoms with van der Waals surface area (Å²) in [6, 6.07) is 11.1. The van der Waals surface area contributed by atoms with E-state index in [1.807, 2.05) is 35.9 Å². The van der Waals surface area contributed by atoms with Gasteiger partial charge in [0, 0.05) is 25.7 Å². The van der Waals surface area contributed by atoms with E-state index in [4.69, 9.17) is 0 Å². The number of aryl methyl sites for hydroxylation is 1. The Labute approximate surface area is 200 Å². The van der Waals surface area contributed by atoms with Crippen molar-refractivity contribution in [1.29, 1.82) is 0 Å². The van der Waals surface area contributed by atoms with Gasteiger partial charge in [-0.15, -0.1) is 0 Å². The van der Waals surface area contributed by atoms with E-state index in [1.165, 1.54) is 12.1 Å². The number of imidazole rings is 1. The van der Waals surface area contributed by atoms with Crippen molar-refractivity contribution < 1.29 is 31.1 Å². The van der Waals surface area contributed by atoms with Crippen molar-refractivity contribution in [2.45, 2.75) is 18.8 Å². The molecule has 0 fully saturated rings. The highest BCUT2D eigenvalue weighted by Gasteiger charge is 2.31. The molecule has 36 heavy (non-hydrogen) atoms. The molecule has 0 amide bonds. The van der Waals surface area contributed by atoms with Gasteiger partial charge in [-0.05, 0) is 30.3 Å². The van der Waals surface area contributed by atoms with E-state index in [9.17, 15) is 26.3 Å². The van der Waals surface area contributed by atoms with Crippen molar-refractivity contribution >= 4 is 28.6 Å². The molecule has 0 aliphatic carbocycles. The summed E-state index contributed by atoms with van der Waals surface area (Å²) in [6.45, 7) is -1.40. The number of aromatic nitrogens is 5. The summed E-state index contributed by atoms with van der Waals surface area (Å²) in [5.74, 6) is 0.316. The van der Waals surface area contributed by atoms with Gasteiger partial charge >= 0.3 is 18.4 Å². The first-order chi connectivity index (χ1) is 17.0. The van der Waals surface area contributed by atoms with Gasteiger partial charge in [0.25, 0.3) is 0 Å².